The minimum absolute atomic E-state index is 0.0873. The van der Waals surface area contributed by atoms with Crippen LogP contribution < -0.4 is 4.74 Å². The second-order valence-corrected chi connectivity index (χ2v) is 4.62. The fraction of sp³-hybridized carbons (Fsp3) is 0.267. The summed E-state index contributed by atoms with van der Waals surface area (Å²) in [6.07, 6.45) is 1.57. The van der Waals surface area contributed by atoms with Crippen molar-refractivity contribution < 1.29 is 14.8 Å². The molecule has 1 atom stereocenters. The molecule has 2 rings (SSSR count). The number of aryl methyl sites for hydroxylation is 1. The summed E-state index contributed by atoms with van der Waals surface area (Å²) in [5, 5.41) is 20.5. The van der Waals surface area contributed by atoms with Crippen LogP contribution in [0.2, 0.25) is 0 Å². The Kier molecular flexibility index (Phi) is 4.49. The number of ether oxygens (including phenoxy) is 1. The van der Waals surface area contributed by atoms with Gasteiger partial charge < -0.3 is 9.84 Å². The minimum Gasteiger partial charge on any atom is -0.432 e. The molecule has 21 heavy (non-hydrogen) atoms. The average molecular weight is 288 g/mol. The van der Waals surface area contributed by atoms with E-state index in [4.69, 9.17) is 4.74 Å². The highest BCUT2D eigenvalue weighted by molar-refractivity contribution is 5.50. The summed E-state index contributed by atoms with van der Waals surface area (Å²) in [5.74, 6) is 0.390. The van der Waals surface area contributed by atoms with E-state index >= 15 is 0 Å². The second kappa shape index (κ2) is 6.32. The van der Waals surface area contributed by atoms with Gasteiger partial charge in [0, 0.05) is 18.3 Å². The molecule has 0 aliphatic heterocycles. The standard InChI is InChI=1S/C15H16N2O4/c1-3-11-4-6-14(13(8-11)17(19)20)21-15-7-5-12(9-16-15)10(2)18/h4-10,18H,3H2,1-2H3/t10-/m1/s1. The zero-order chi connectivity index (χ0) is 15.4. The second-order valence-electron chi connectivity index (χ2n) is 4.62. The van der Waals surface area contributed by atoms with Gasteiger partial charge in [0.2, 0.25) is 11.6 Å². The third kappa shape index (κ3) is 3.55. The number of hydrogen-bond donors (Lipinski definition) is 1. The molecule has 0 spiro atoms. The van der Waals surface area contributed by atoms with Crippen molar-refractivity contribution in [3.63, 3.8) is 0 Å². The Bertz CT molecular complexity index is 639. The molecule has 0 radical (unpaired) electrons. The number of pyridine rings is 1. The van der Waals surface area contributed by atoms with Crippen molar-refractivity contribution in [1.82, 2.24) is 4.98 Å². The number of aliphatic hydroxyl groups excluding tert-OH is 1. The Hall–Kier alpha value is -2.47. The van der Waals surface area contributed by atoms with Crippen LogP contribution in [0.4, 0.5) is 5.69 Å². The lowest BCUT2D eigenvalue weighted by Gasteiger charge is -2.08. The van der Waals surface area contributed by atoms with Crippen LogP contribution in [0.25, 0.3) is 0 Å². The van der Waals surface area contributed by atoms with Gasteiger partial charge in [-0.3, -0.25) is 10.1 Å². The van der Waals surface area contributed by atoms with Crippen LogP contribution in [0.5, 0.6) is 11.6 Å². The third-order valence-corrected chi connectivity index (χ3v) is 3.08. The highest BCUT2D eigenvalue weighted by atomic mass is 16.6. The first kappa shape index (κ1) is 14.9. The number of nitrogens with zero attached hydrogens (tertiary/aromatic N) is 2. The van der Waals surface area contributed by atoms with Crippen molar-refractivity contribution in [1.29, 1.82) is 0 Å². The van der Waals surface area contributed by atoms with Crippen molar-refractivity contribution in [3.8, 4) is 11.6 Å². The fourth-order valence-corrected chi connectivity index (χ4v) is 1.82. The molecule has 0 aliphatic carbocycles. The van der Waals surface area contributed by atoms with E-state index in [1.165, 1.54) is 12.3 Å². The zero-order valence-electron chi connectivity index (χ0n) is 11.8. The zero-order valence-corrected chi connectivity index (χ0v) is 11.8. The van der Waals surface area contributed by atoms with E-state index in [-0.39, 0.29) is 17.3 Å². The average Bonchev–Trinajstić information content (AvgIpc) is 2.48. The summed E-state index contributed by atoms with van der Waals surface area (Å²) >= 11 is 0. The lowest BCUT2D eigenvalue weighted by molar-refractivity contribution is -0.385. The molecule has 1 aromatic carbocycles. The van der Waals surface area contributed by atoms with Gasteiger partial charge in [0.25, 0.3) is 0 Å². The first-order valence-electron chi connectivity index (χ1n) is 6.60. The molecule has 0 saturated heterocycles. The van der Waals surface area contributed by atoms with Gasteiger partial charge in [-0.05, 0) is 36.6 Å². The summed E-state index contributed by atoms with van der Waals surface area (Å²) in [6, 6.07) is 8.09. The SMILES string of the molecule is CCc1ccc(Oc2ccc([C@@H](C)O)cn2)c([N+](=O)[O-])c1. The highest BCUT2D eigenvalue weighted by Gasteiger charge is 2.17. The van der Waals surface area contributed by atoms with Gasteiger partial charge in [-0.15, -0.1) is 0 Å². The molecular weight excluding hydrogens is 272 g/mol. The summed E-state index contributed by atoms with van der Waals surface area (Å²) in [7, 11) is 0. The van der Waals surface area contributed by atoms with Crippen molar-refractivity contribution in [2.24, 2.45) is 0 Å². The minimum atomic E-state index is -0.621. The smallest absolute Gasteiger partial charge is 0.311 e. The van der Waals surface area contributed by atoms with E-state index in [0.717, 1.165) is 5.56 Å². The fourth-order valence-electron chi connectivity index (χ4n) is 1.82. The number of aliphatic hydroxyl groups is 1. The van der Waals surface area contributed by atoms with Crippen molar-refractivity contribution >= 4 is 5.69 Å². The molecule has 0 unspecified atom stereocenters. The largest absolute Gasteiger partial charge is 0.432 e. The maximum absolute atomic E-state index is 11.1. The van der Waals surface area contributed by atoms with Gasteiger partial charge >= 0.3 is 5.69 Å². The molecule has 1 N–H and O–H groups in total. The van der Waals surface area contributed by atoms with Crippen LogP contribution in [0, 0.1) is 10.1 Å². The number of aromatic nitrogens is 1. The first-order valence-corrected chi connectivity index (χ1v) is 6.60. The van der Waals surface area contributed by atoms with Gasteiger partial charge in [-0.2, -0.15) is 0 Å². The van der Waals surface area contributed by atoms with Gasteiger partial charge in [0.05, 0.1) is 11.0 Å². The molecule has 110 valence electrons. The van der Waals surface area contributed by atoms with Gasteiger partial charge in [-0.25, -0.2) is 4.98 Å². The predicted octanol–water partition coefficient (Wildman–Crippen LogP) is 3.40. The maximum Gasteiger partial charge on any atom is 0.311 e. The number of nitro groups is 1. The van der Waals surface area contributed by atoms with Crippen LogP contribution in [-0.4, -0.2) is 15.0 Å². The lowest BCUT2D eigenvalue weighted by Crippen LogP contribution is -1.97. The van der Waals surface area contributed by atoms with Gasteiger partial charge in [0.1, 0.15) is 0 Å². The molecule has 0 aliphatic rings. The summed E-state index contributed by atoms with van der Waals surface area (Å²) in [4.78, 5) is 14.7. The van der Waals surface area contributed by atoms with E-state index < -0.39 is 11.0 Å². The van der Waals surface area contributed by atoms with Crippen LogP contribution in [-0.2, 0) is 6.42 Å². The molecule has 0 bridgehead atoms. The summed E-state index contributed by atoms with van der Waals surface area (Å²) < 4.78 is 5.47. The van der Waals surface area contributed by atoms with E-state index in [0.29, 0.717) is 12.0 Å². The van der Waals surface area contributed by atoms with Crippen LogP contribution in [0.3, 0.4) is 0 Å². The molecule has 6 heteroatoms. The topological polar surface area (TPSA) is 85.5 Å². The molecule has 1 aromatic heterocycles. The Balaban J connectivity index is 2.28. The third-order valence-electron chi connectivity index (χ3n) is 3.08. The van der Waals surface area contributed by atoms with E-state index in [1.54, 1.807) is 31.2 Å². The lowest BCUT2D eigenvalue weighted by atomic mass is 10.1. The normalized spacial score (nSPS) is 12.0. The molecule has 0 amide bonds. The van der Waals surface area contributed by atoms with Crippen LogP contribution in [0.15, 0.2) is 36.5 Å². The Labute approximate surface area is 122 Å². The number of nitro benzene ring substituents is 1. The quantitative estimate of drug-likeness (QED) is 0.673. The van der Waals surface area contributed by atoms with Crippen LogP contribution in [0.1, 0.15) is 31.1 Å². The number of rotatable bonds is 5. The maximum atomic E-state index is 11.1. The Morgan fingerprint density at radius 2 is 2.14 bits per heavy atom. The highest BCUT2D eigenvalue weighted by Crippen LogP contribution is 2.31. The molecular formula is C15H16N2O4. The molecule has 6 nitrogen and oxygen atoms in total. The number of benzene rings is 1. The molecule has 0 fully saturated rings. The Morgan fingerprint density at radius 1 is 1.38 bits per heavy atom. The van der Waals surface area contributed by atoms with Gasteiger partial charge in [-0.1, -0.05) is 13.0 Å². The van der Waals surface area contributed by atoms with Crippen molar-refractivity contribution in [2.75, 3.05) is 0 Å². The van der Waals surface area contributed by atoms with Crippen LogP contribution >= 0.6 is 0 Å². The van der Waals surface area contributed by atoms with Crippen molar-refractivity contribution in [2.45, 2.75) is 26.4 Å². The molecule has 1 heterocycles. The molecule has 0 saturated carbocycles. The predicted molar refractivity (Wildman–Crippen MR) is 77.4 cm³/mol. The number of hydrogen-bond acceptors (Lipinski definition) is 5. The van der Waals surface area contributed by atoms with E-state index in [2.05, 4.69) is 4.98 Å². The first-order chi connectivity index (χ1) is 10.0. The van der Waals surface area contributed by atoms with E-state index in [1.807, 2.05) is 6.92 Å². The summed E-state index contributed by atoms with van der Waals surface area (Å²) in [6.45, 7) is 3.56. The van der Waals surface area contributed by atoms with E-state index in [9.17, 15) is 15.2 Å². The van der Waals surface area contributed by atoms with Crippen molar-refractivity contribution in [3.05, 3.63) is 57.8 Å². The Morgan fingerprint density at radius 3 is 2.67 bits per heavy atom. The van der Waals surface area contributed by atoms with Gasteiger partial charge in [0.15, 0.2) is 0 Å². The summed E-state index contributed by atoms with van der Waals surface area (Å²) in [5.41, 5.74) is 1.43. The monoisotopic (exact) mass is 288 g/mol. The molecule has 2 aromatic rings.